The van der Waals surface area contributed by atoms with Gasteiger partial charge in [0.05, 0.1) is 17.5 Å². The van der Waals surface area contributed by atoms with Crippen LogP contribution < -0.4 is 9.80 Å². The van der Waals surface area contributed by atoms with Gasteiger partial charge in [-0.2, -0.15) is 0 Å². The Hall–Kier alpha value is -1.36. The van der Waals surface area contributed by atoms with E-state index >= 15 is 0 Å². The van der Waals surface area contributed by atoms with E-state index in [9.17, 15) is 9.59 Å². The number of Topliss-reactive ketones (excluding diaryl/α,β-unsaturated/α-hetero) is 2. The third kappa shape index (κ3) is 1.72. The molecule has 4 rings (SSSR count). The molecule has 20 heavy (non-hydrogen) atoms. The van der Waals surface area contributed by atoms with Gasteiger partial charge in [0.1, 0.15) is 10.0 Å². The number of nitrogens with zero attached hydrogens (tertiary/aromatic N) is 2. The van der Waals surface area contributed by atoms with Crippen molar-refractivity contribution >= 4 is 32.9 Å². The first-order valence-electron chi connectivity index (χ1n) is 7.49. The summed E-state index contributed by atoms with van der Waals surface area (Å²) >= 11 is 1.67. The first-order valence-corrected chi connectivity index (χ1v) is 8.30. The van der Waals surface area contributed by atoms with Crippen LogP contribution in [0.2, 0.25) is 0 Å². The van der Waals surface area contributed by atoms with Crippen LogP contribution in [0.4, 0.5) is 10.0 Å². The Bertz CT molecular complexity index is 532. The van der Waals surface area contributed by atoms with Crippen molar-refractivity contribution in [2.45, 2.75) is 32.1 Å². The molecule has 1 aromatic rings. The summed E-state index contributed by atoms with van der Waals surface area (Å²) in [6.07, 6.45) is 4.84. The highest BCUT2D eigenvalue weighted by molar-refractivity contribution is 7.21. The van der Waals surface area contributed by atoms with Gasteiger partial charge < -0.3 is 9.80 Å². The predicted molar refractivity (Wildman–Crippen MR) is 80.5 cm³/mol. The number of ketones is 2. The van der Waals surface area contributed by atoms with Gasteiger partial charge in [0.2, 0.25) is 0 Å². The number of anilines is 2. The number of thiophene rings is 1. The maximum absolute atomic E-state index is 12.2. The van der Waals surface area contributed by atoms with Crippen LogP contribution in [0.1, 0.15) is 52.8 Å². The third-order valence-electron chi connectivity index (χ3n) is 4.54. The van der Waals surface area contributed by atoms with Gasteiger partial charge in [0, 0.05) is 26.2 Å². The second-order valence-electron chi connectivity index (χ2n) is 5.87. The summed E-state index contributed by atoms with van der Waals surface area (Å²) in [6, 6.07) is 0. The lowest BCUT2D eigenvalue weighted by molar-refractivity contribution is 0.0923. The largest absolute Gasteiger partial charge is 0.363 e. The Labute approximate surface area is 122 Å². The van der Waals surface area contributed by atoms with E-state index in [0.29, 0.717) is 0 Å². The number of carbonyl (C=O) groups is 2. The Morgan fingerprint density at radius 2 is 1.10 bits per heavy atom. The molecule has 0 saturated carbocycles. The van der Waals surface area contributed by atoms with Crippen LogP contribution in [0.5, 0.6) is 0 Å². The van der Waals surface area contributed by atoms with Crippen LogP contribution in [-0.2, 0) is 0 Å². The molecule has 106 valence electrons. The van der Waals surface area contributed by atoms with E-state index in [-0.39, 0.29) is 18.0 Å². The Morgan fingerprint density at radius 3 is 1.50 bits per heavy atom. The second kappa shape index (κ2) is 4.58. The summed E-state index contributed by atoms with van der Waals surface area (Å²) in [6.45, 7) is 4.09. The van der Waals surface area contributed by atoms with Crippen molar-refractivity contribution in [1.29, 1.82) is 0 Å². The van der Waals surface area contributed by atoms with Crippen molar-refractivity contribution in [3.8, 4) is 0 Å². The Morgan fingerprint density at radius 1 is 0.700 bits per heavy atom. The van der Waals surface area contributed by atoms with Crippen molar-refractivity contribution in [1.82, 2.24) is 0 Å². The fourth-order valence-electron chi connectivity index (χ4n) is 3.53. The fourth-order valence-corrected chi connectivity index (χ4v) is 4.98. The Balaban J connectivity index is 1.83. The summed E-state index contributed by atoms with van der Waals surface area (Å²) in [4.78, 5) is 29.1. The molecule has 3 aliphatic rings. The summed E-state index contributed by atoms with van der Waals surface area (Å²) < 4.78 is 0. The summed E-state index contributed by atoms with van der Waals surface area (Å²) in [5, 5.41) is 2.13. The van der Waals surface area contributed by atoms with Crippen molar-refractivity contribution in [2.75, 3.05) is 36.0 Å². The number of fused-ring (bicyclic) bond motifs is 1. The van der Waals surface area contributed by atoms with Crippen molar-refractivity contribution in [2.24, 2.45) is 0 Å². The molecule has 5 heteroatoms. The minimum absolute atomic E-state index is 0.0357. The minimum Gasteiger partial charge on any atom is -0.363 e. The zero-order valence-corrected chi connectivity index (χ0v) is 12.3. The van der Waals surface area contributed by atoms with Gasteiger partial charge in [-0.05, 0) is 25.7 Å². The van der Waals surface area contributed by atoms with Crippen LogP contribution in [0.15, 0.2) is 0 Å². The monoisotopic (exact) mass is 290 g/mol. The smallest absolute Gasteiger partial charge is 0.174 e. The minimum atomic E-state index is 0.0357. The molecule has 1 aliphatic carbocycles. The lowest BCUT2D eigenvalue weighted by atomic mass is 10.2. The van der Waals surface area contributed by atoms with E-state index in [1.807, 2.05) is 0 Å². The summed E-state index contributed by atoms with van der Waals surface area (Å²) in [7, 11) is 0. The molecule has 0 bridgehead atoms. The first-order chi connectivity index (χ1) is 9.75. The number of carbonyl (C=O) groups excluding carboxylic acids is 2. The highest BCUT2D eigenvalue weighted by atomic mass is 32.1. The average Bonchev–Trinajstić information content (AvgIpc) is 3.17. The van der Waals surface area contributed by atoms with Gasteiger partial charge in [0.15, 0.2) is 11.6 Å². The Kier molecular flexibility index (Phi) is 2.84. The van der Waals surface area contributed by atoms with Gasteiger partial charge in [0.25, 0.3) is 0 Å². The molecular formula is C15H18N2O2S. The zero-order valence-electron chi connectivity index (χ0n) is 11.5. The number of rotatable bonds is 2. The lowest BCUT2D eigenvalue weighted by Gasteiger charge is -2.17. The van der Waals surface area contributed by atoms with Gasteiger partial charge in [-0.3, -0.25) is 9.59 Å². The molecule has 3 heterocycles. The van der Waals surface area contributed by atoms with E-state index in [1.54, 1.807) is 11.3 Å². The van der Waals surface area contributed by atoms with E-state index in [4.69, 9.17) is 0 Å². The summed E-state index contributed by atoms with van der Waals surface area (Å²) in [5.41, 5.74) is 1.48. The van der Waals surface area contributed by atoms with Crippen molar-refractivity contribution < 1.29 is 9.59 Å². The van der Waals surface area contributed by atoms with Gasteiger partial charge in [-0.25, -0.2) is 0 Å². The topological polar surface area (TPSA) is 40.6 Å². The summed E-state index contributed by atoms with van der Waals surface area (Å²) in [5.74, 6) is 0.0715. The van der Waals surface area contributed by atoms with Crippen molar-refractivity contribution in [3.63, 3.8) is 0 Å². The van der Waals surface area contributed by atoms with Crippen molar-refractivity contribution in [3.05, 3.63) is 11.1 Å². The molecule has 0 atom stereocenters. The maximum atomic E-state index is 12.2. The van der Waals surface area contributed by atoms with Crippen LogP contribution in [0, 0.1) is 0 Å². The van der Waals surface area contributed by atoms with E-state index < -0.39 is 0 Å². The molecular weight excluding hydrogens is 272 g/mol. The van der Waals surface area contributed by atoms with E-state index in [2.05, 4.69) is 9.80 Å². The zero-order chi connectivity index (χ0) is 13.7. The maximum Gasteiger partial charge on any atom is 0.174 e. The number of hydrogen-bond acceptors (Lipinski definition) is 5. The molecule has 2 saturated heterocycles. The quantitative estimate of drug-likeness (QED) is 0.785. The normalized spacial score (nSPS) is 22.2. The molecule has 0 unspecified atom stereocenters. The molecule has 0 aromatic carbocycles. The predicted octanol–water partition coefficient (Wildman–Crippen LogP) is 2.72. The van der Waals surface area contributed by atoms with E-state index in [1.165, 1.54) is 25.7 Å². The molecule has 0 N–H and O–H groups in total. The molecule has 0 amide bonds. The average molecular weight is 290 g/mol. The van der Waals surface area contributed by atoms with Crippen LogP contribution in [0.3, 0.4) is 0 Å². The fraction of sp³-hybridized carbons (Fsp3) is 0.600. The highest BCUT2D eigenvalue weighted by Gasteiger charge is 2.39. The molecule has 2 aliphatic heterocycles. The molecule has 4 nitrogen and oxygen atoms in total. The molecule has 0 radical (unpaired) electrons. The van der Waals surface area contributed by atoms with Gasteiger partial charge in [-0.15, -0.1) is 0 Å². The number of hydrogen-bond donors (Lipinski definition) is 0. The molecule has 1 aromatic heterocycles. The first kappa shape index (κ1) is 12.4. The van der Waals surface area contributed by atoms with Crippen LogP contribution >= 0.6 is 11.3 Å². The van der Waals surface area contributed by atoms with Crippen LogP contribution in [0.25, 0.3) is 0 Å². The van der Waals surface area contributed by atoms with Gasteiger partial charge in [-0.1, -0.05) is 11.3 Å². The second-order valence-corrected chi connectivity index (χ2v) is 6.85. The lowest BCUT2D eigenvalue weighted by Crippen LogP contribution is -2.18. The molecule has 0 spiro atoms. The van der Waals surface area contributed by atoms with E-state index in [0.717, 1.165) is 47.3 Å². The molecule has 2 fully saturated rings. The SMILES string of the molecule is O=C1CC(=O)c2c(N3CCCC3)sc(N3CCCC3)c21. The highest BCUT2D eigenvalue weighted by Crippen LogP contribution is 2.47. The van der Waals surface area contributed by atoms with Gasteiger partial charge >= 0.3 is 0 Å². The third-order valence-corrected chi connectivity index (χ3v) is 5.85. The van der Waals surface area contributed by atoms with Crippen LogP contribution in [-0.4, -0.2) is 37.7 Å². The standard InChI is InChI=1S/C15H18N2O2S/c18-10-9-11(19)13-12(10)14(16-5-1-2-6-16)20-15(13)17-7-3-4-8-17/h1-9H2.